The molecule has 1 radical (unpaired) electrons. The molecule has 0 spiro atoms. The summed E-state index contributed by atoms with van der Waals surface area (Å²) in [6.07, 6.45) is 5.36. The van der Waals surface area contributed by atoms with Crippen molar-refractivity contribution in [1.29, 1.82) is 0 Å². The zero-order valence-corrected chi connectivity index (χ0v) is 13.0. The first kappa shape index (κ1) is 16.4. The van der Waals surface area contributed by atoms with E-state index in [1.165, 1.54) is 0 Å². The lowest BCUT2D eigenvalue weighted by Gasteiger charge is -2.11. The Morgan fingerprint density at radius 3 is 2.39 bits per heavy atom. The van der Waals surface area contributed by atoms with Gasteiger partial charge in [0.05, 0.1) is 5.56 Å². The summed E-state index contributed by atoms with van der Waals surface area (Å²) in [7, 11) is 0. The lowest BCUT2D eigenvalue weighted by molar-refractivity contribution is 0.0691. The highest BCUT2D eigenvalue weighted by atomic mass is 16.5. The van der Waals surface area contributed by atoms with E-state index in [1.54, 1.807) is 54.6 Å². The second-order valence-electron chi connectivity index (χ2n) is 4.98. The van der Waals surface area contributed by atoms with Crippen molar-refractivity contribution in [3.63, 3.8) is 0 Å². The lowest BCUT2D eigenvalue weighted by atomic mass is 10.1. The third-order valence-electron chi connectivity index (χ3n) is 3.19. The molecule has 0 fully saturated rings. The van der Waals surface area contributed by atoms with E-state index >= 15 is 0 Å². The smallest absolute Gasteiger partial charge is 0.343 e. The number of allylic oxidation sites excluding steroid dienone is 3. The number of hydrogen-bond acceptors (Lipinski definition) is 4. The minimum absolute atomic E-state index is 0.340. The lowest BCUT2D eigenvalue weighted by Crippen LogP contribution is -2.07. The summed E-state index contributed by atoms with van der Waals surface area (Å²) in [5.74, 6) is -0.0789. The van der Waals surface area contributed by atoms with E-state index < -0.39 is 5.97 Å². The van der Waals surface area contributed by atoms with Crippen LogP contribution in [-0.2, 0) is 4.74 Å². The molecule has 4 heteroatoms. The van der Waals surface area contributed by atoms with Gasteiger partial charge in [0, 0.05) is 16.9 Å². The Kier molecular flexibility index (Phi) is 5.20. The van der Waals surface area contributed by atoms with Crippen LogP contribution in [0.5, 0.6) is 0 Å². The second kappa shape index (κ2) is 7.31. The normalized spacial score (nSPS) is 11.7. The van der Waals surface area contributed by atoms with Gasteiger partial charge in [0.15, 0.2) is 0 Å². The standard InChI is InChI=1S/C19H19N2O2/c1-3-4-5-18(14-7-10-15(20)11-8-14)23-19(22)17-12-16(21)9-6-13(17)2/h3-12H,2,20-21H2,1H3/b4-3+,18-5+. The van der Waals surface area contributed by atoms with E-state index in [0.29, 0.717) is 28.3 Å². The molecule has 23 heavy (non-hydrogen) atoms. The largest absolute Gasteiger partial charge is 0.422 e. The van der Waals surface area contributed by atoms with Crippen LogP contribution in [-0.4, -0.2) is 5.97 Å². The van der Waals surface area contributed by atoms with Crippen molar-refractivity contribution in [3.05, 3.63) is 84.3 Å². The molecule has 0 aliphatic rings. The van der Waals surface area contributed by atoms with E-state index in [4.69, 9.17) is 16.2 Å². The highest BCUT2D eigenvalue weighted by molar-refractivity contribution is 5.95. The summed E-state index contributed by atoms with van der Waals surface area (Å²) in [5, 5.41) is 0. The maximum Gasteiger partial charge on any atom is 0.343 e. The molecule has 2 rings (SSSR count). The summed E-state index contributed by atoms with van der Waals surface area (Å²) in [6.45, 7) is 5.71. The van der Waals surface area contributed by atoms with Crippen LogP contribution in [0.2, 0.25) is 0 Å². The van der Waals surface area contributed by atoms with E-state index in [-0.39, 0.29) is 0 Å². The van der Waals surface area contributed by atoms with Gasteiger partial charge in [-0.25, -0.2) is 4.79 Å². The third-order valence-corrected chi connectivity index (χ3v) is 3.19. The molecule has 0 amide bonds. The number of anilines is 2. The van der Waals surface area contributed by atoms with Gasteiger partial charge in [-0.2, -0.15) is 0 Å². The highest BCUT2D eigenvalue weighted by Crippen LogP contribution is 2.21. The average molecular weight is 307 g/mol. The molecule has 0 saturated carbocycles. The maximum atomic E-state index is 12.4. The van der Waals surface area contributed by atoms with Crippen LogP contribution in [0.15, 0.2) is 60.7 Å². The van der Waals surface area contributed by atoms with Gasteiger partial charge in [0.1, 0.15) is 5.76 Å². The number of carbonyl (C=O) groups is 1. The van der Waals surface area contributed by atoms with Crippen molar-refractivity contribution in [1.82, 2.24) is 0 Å². The molecule has 4 N–H and O–H groups in total. The molecule has 4 nitrogen and oxygen atoms in total. The van der Waals surface area contributed by atoms with Crippen LogP contribution in [0.25, 0.3) is 5.76 Å². The van der Waals surface area contributed by atoms with Crippen LogP contribution < -0.4 is 11.5 Å². The zero-order valence-electron chi connectivity index (χ0n) is 13.0. The third kappa shape index (κ3) is 4.23. The molecule has 0 aromatic heterocycles. The first-order valence-electron chi connectivity index (χ1n) is 7.14. The summed E-state index contributed by atoms with van der Waals surface area (Å²) >= 11 is 0. The van der Waals surface area contributed by atoms with Crippen LogP contribution in [0.4, 0.5) is 11.4 Å². The van der Waals surface area contributed by atoms with Gasteiger partial charge in [0.25, 0.3) is 0 Å². The monoisotopic (exact) mass is 307 g/mol. The van der Waals surface area contributed by atoms with E-state index in [9.17, 15) is 4.79 Å². The molecule has 0 unspecified atom stereocenters. The number of nitrogens with two attached hydrogens (primary N) is 2. The SMILES string of the molecule is [CH2]c1ccc(N)cc1C(=O)O/C(=C/C=C/C)c1ccc(N)cc1. The Labute approximate surface area is 136 Å². The first-order valence-corrected chi connectivity index (χ1v) is 7.14. The predicted octanol–water partition coefficient (Wildman–Crippen LogP) is 3.81. The molecule has 0 bridgehead atoms. The summed E-state index contributed by atoms with van der Waals surface area (Å²) in [5.41, 5.74) is 14.2. The summed E-state index contributed by atoms with van der Waals surface area (Å²) in [6, 6.07) is 12.0. The van der Waals surface area contributed by atoms with E-state index in [2.05, 4.69) is 6.92 Å². The molecule has 2 aromatic carbocycles. The number of rotatable bonds is 4. The van der Waals surface area contributed by atoms with Crippen molar-refractivity contribution in [2.75, 3.05) is 11.5 Å². The highest BCUT2D eigenvalue weighted by Gasteiger charge is 2.14. The molecule has 0 saturated heterocycles. The molecule has 2 aromatic rings. The van der Waals surface area contributed by atoms with Gasteiger partial charge < -0.3 is 16.2 Å². The molecule has 117 valence electrons. The van der Waals surface area contributed by atoms with Gasteiger partial charge in [-0.15, -0.1) is 0 Å². The number of nitrogen functional groups attached to an aromatic ring is 2. The maximum absolute atomic E-state index is 12.4. The number of hydrogen-bond donors (Lipinski definition) is 2. The average Bonchev–Trinajstić information content (AvgIpc) is 2.54. The Morgan fingerprint density at radius 2 is 1.74 bits per heavy atom. The van der Waals surface area contributed by atoms with E-state index in [1.807, 2.05) is 13.0 Å². The van der Waals surface area contributed by atoms with Crippen LogP contribution in [0.3, 0.4) is 0 Å². The number of ether oxygens (including phenoxy) is 1. The topological polar surface area (TPSA) is 78.3 Å². The van der Waals surface area contributed by atoms with Crippen molar-refractivity contribution in [2.45, 2.75) is 6.92 Å². The van der Waals surface area contributed by atoms with Crippen molar-refractivity contribution >= 4 is 23.1 Å². The van der Waals surface area contributed by atoms with Crippen molar-refractivity contribution < 1.29 is 9.53 Å². The first-order chi connectivity index (χ1) is 11.0. The molecule has 0 aliphatic heterocycles. The molecule has 0 heterocycles. The molecule has 0 aliphatic carbocycles. The van der Waals surface area contributed by atoms with Gasteiger partial charge >= 0.3 is 5.97 Å². The molecule has 0 atom stereocenters. The van der Waals surface area contributed by atoms with Crippen molar-refractivity contribution in [2.24, 2.45) is 0 Å². The van der Waals surface area contributed by atoms with Crippen LogP contribution in [0, 0.1) is 6.92 Å². The Bertz CT molecular complexity index is 759. The minimum Gasteiger partial charge on any atom is -0.422 e. The molecular weight excluding hydrogens is 288 g/mol. The fraction of sp³-hybridized carbons (Fsp3) is 0.0526. The number of esters is 1. The number of carbonyl (C=O) groups excluding carboxylic acids is 1. The predicted molar refractivity (Wildman–Crippen MR) is 94.4 cm³/mol. The minimum atomic E-state index is -0.505. The summed E-state index contributed by atoms with van der Waals surface area (Å²) < 4.78 is 5.53. The Morgan fingerprint density at radius 1 is 1.09 bits per heavy atom. The van der Waals surface area contributed by atoms with E-state index in [0.717, 1.165) is 5.56 Å². The van der Waals surface area contributed by atoms with Gasteiger partial charge in [0.2, 0.25) is 0 Å². The van der Waals surface area contributed by atoms with Crippen LogP contribution in [0.1, 0.15) is 28.4 Å². The Balaban J connectivity index is 2.33. The van der Waals surface area contributed by atoms with Crippen LogP contribution >= 0.6 is 0 Å². The summed E-state index contributed by atoms with van der Waals surface area (Å²) in [4.78, 5) is 12.4. The fourth-order valence-corrected chi connectivity index (χ4v) is 1.96. The zero-order chi connectivity index (χ0) is 16.8. The molecular formula is C19H19N2O2. The number of benzene rings is 2. The Hall–Kier alpha value is -3.01. The quantitative estimate of drug-likeness (QED) is 0.390. The van der Waals surface area contributed by atoms with Gasteiger partial charge in [-0.3, -0.25) is 0 Å². The van der Waals surface area contributed by atoms with Gasteiger partial charge in [-0.1, -0.05) is 18.2 Å². The second-order valence-corrected chi connectivity index (χ2v) is 4.98. The van der Waals surface area contributed by atoms with Gasteiger partial charge in [-0.05, 0) is 61.9 Å². The fourth-order valence-electron chi connectivity index (χ4n) is 1.96. The van der Waals surface area contributed by atoms with Crippen molar-refractivity contribution in [3.8, 4) is 0 Å².